The molecule has 0 N–H and O–H groups in total. The van der Waals surface area contributed by atoms with Crippen LogP contribution in [0.1, 0.15) is 27.3 Å². The van der Waals surface area contributed by atoms with Gasteiger partial charge in [0.1, 0.15) is 16.6 Å². The summed E-state index contributed by atoms with van der Waals surface area (Å²) >= 11 is 1.51. The molecule has 4 rings (SSSR count). The van der Waals surface area contributed by atoms with Gasteiger partial charge in [-0.3, -0.25) is 4.79 Å². The van der Waals surface area contributed by atoms with E-state index in [0.29, 0.717) is 31.6 Å². The molecule has 1 aliphatic heterocycles. The van der Waals surface area contributed by atoms with E-state index in [1.165, 1.54) is 35.6 Å². The number of rotatable bonds is 4. The van der Waals surface area contributed by atoms with Crippen molar-refractivity contribution in [3.8, 4) is 0 Å². The Morgan fingerprint density at radius 2 is 1.79 bits per heavy atom. The topological polar surface area (TPSA) is 49.3 Å². The molecule has 0 aliphatic carbocycles. The number of hydrogen-bond acceptors (Lipinski definition) is 5. The summed E-state index contributed by atoms with van der Waals surface area (Å²) in [6.45, 7) is 2.58. The zero-order chi connectivity index (χ0) is 20.2. The molecule has 0 saturated carbocycles. The first kappa shape index (κ1) is 19.4. The molecule has 150 valence electrons. The van der Waals surface area contributed by atoms with Crippen LogP contribution in [0.3, 0.4) is 0 Å². The minimum Gasteiger partial charge on any atom is -0.345 e. The lowest BCUT2D eigenvalue weighted by molar-refractivity contribution is 0.0766. The van der Waals surface area contributed by atoms with E-state index in [0.717, 1.165) is 28.7 Å². The predicted molar refractivity (Wildman–Crippen MR) is 108 cm³/mol. The average molecular weight is 414 g/mol. The lowest BCUT2D eigenvalue weighted by Crippen LogP contribution is -2.35. The Labute approximate surface area is 171 Å². The number of anilines is 1. The molecule has 3 aromatic rings. The van der Waals surface area contributed by atoms with Gasteiger partial charge in [0.15, 0.2) is 0 Å². The van der Waals surface area contributed by atoms with Crippen LogP contribution < -0.4 is 4.90 Å². The number of nitrogens with zero attached hydrogens (tertiary/aromatic N) is 4. The highest BCUT2D eigenvalue weighted by atomic mass is 32.1. The van der Waals surface area contributed by atoms with Crippen LogP contribution in [0.5, 0.6) is 0 Å². The summed E-state index contributed by atoms with van der Waals surface area (Å²) in [6, 6.07) is 12.2. The van der Waals surface area contributed by atoms with Gasteiger partial charge in [0.25, 0.3) is 5.91 Å². The molecule has 0 bridgehead atoms. The van der Waals surface area contributed by atoms with Gasteiger partial charge in [-0.05, 0) is 42.3 Å². The first-order valence-corrected chi connectivity index (χ1v) is 10.3. The van der Waals surface area contributed by atoms with Crippen LogP contribution in [0.4, 0.5) is 13.9 Å². The first-order valence-electron chi connectivity index (χ1n) is 9.45. The number of halogens is 2. The molecular weight excluding hydrogens is 394 g/mol. The van der Waals surface area contributed by atoms with Crippen molar-refractivity contribution < 1.29 is 13.6 Å². The van der Waals surface area contributed by atoms with Crippen LogP contribution in [0, 0.1) is 11.6 Å². The Kier molecular flexibility index (Phi) is 5.80. The van der Waals surface area contributed by atoms with E-state index < -0.39 is 5.82 Å². The highest BCUT2D eigenvalue weighted by Crippen LogP contribution is 2.24. The van der Waals surface area contributed by atoms with E-state index in [9.17, 15) is 13.6 Å². The molecule has 8 heteroatoms. The summed E-state index contributed by atoms with van der Waals surface area (Å²) in [4.78, 5) is 16.6. The minimum atomic E-state index is -0.408. The standard InChI is InChI=1S/C21H20F2N4OS/c22-17-7-5-15(6-8-17)13-19-24-25-21(29-19)27-10-2-9-26(11-12-27)20(28)16-3-1-4-18(23)14-16/h1,3-8,14H,2,9-13H2. The van der Waals surface area contributed by atoms with Gasteiger partial charge in [0.2, 0.25) is 5.13 Å². The number of carbonyl (C=O) groups excluding carboxylic acids is 1. The number of aromatic nitrogens is 2. The molecule has 1 fully saturated rings. The Morgan fingerprint density at radius 3 is 2.59 bits per heavy atom. The molecule has 5 nitrogen and oxygen atoms in total. The fraction of sp³-hybridized carbons (Fsp3) is 0.286. The molecule has 0 spiro atoms. The second kappa shape index (κ2) is 8.65. The Bertz CT molecular complexity index is 992. The van der Waals surface area contributed by atoms with Gasteiger partial charge < -0.3 is 9.80 Å². The molecule has 0 radical (unpaired) electrons. The monoisotopic (exact) mass is 414 g/mol. The second-order valence-electron chi connectivity index (χ2n) is 6.92. The molecule has 2 aromatic carbocycles. The predicted octanol–water partition coefficient (Wildman–Crippen LogP) is 3.76. The van der Waals surface area contributed by atoms with E-state index in [2.05, 4.69) is 15.1 Å². The quantitative estimate of drug-likeness (QED) is 0.652. The lowest BCUT2D eigenvalue weighted by atomic mass is 10.2. The van der Waals surface area contributed by atoms with Gasteiger partial charge in [0, 0.05) is 38.2 Å². The summed E-state index contributed by atoms with van der Waals surface area (Å²) in [5.74, 6) is -0.816. The normalized spacial score (nSPS) is 14.7. The van der Waals surface area contributed by atoms with Crippen molar-refractivity contribution in [2.75, 3.05) is 31.1 Å². The Balaban J connectivity index is 1.39. The van der Waals surface area contributed by atoms with Gasteiger partial charge in [-0.1, -0.05) is 29.5 Å². The average Bonchev–Trinajstić information content (AvgIpc) is 3.04. The largest absolute Gasteiger partial charge is 0.345 e. The maximum atomic E-state index is 13.4. The molecule has 29 heavy (non-hydrogen) atoms. The van der Waals surface area contributed by atoms with Crippen molar-refractivity contribution in [1.29, 1.82) is 0 Å². The van der Waals surface area contributed by atoms with Crippen LogP contribution in [0.15, 0.2) is 48.5 Å². The van der Waals surface area contributed by atoms with E-state index in [1.54, 1.807) is 29.2 Å². The van der Waals surface area contributed by atoms with Crippen molar-refractivity contribution in [1.82, 2.24) is 15.1 Å². The van der Waals surface area contributed by atoms with E-state index in [-0.39, 0.29) is 11.7 Å². The SMILES string of the molecule is O=C(c1cccc(F)c1)N1CCCN(c2nnc(Cc3ccc(F)cc3)s2)CC1. The van der Waals surface area contributed by atoms with E-state index in [1.807, 2.05) is 0 Å². The Morgan fingerprint density at radius 1 is 0.966 bits per heavy atom. The highest BCUT2D eigenvalue weighted by molar-refractivity contribution is 7.15. The molecule has 1 aliphatic rings. The molecule has 0 unspecified atom stereocenters. The van der Waals surface area contributed by atoms with Crippen LogP contribution >= 0.6 is 11.3 Å². The third kappa shape index (κ3) is 4.76. The summed E-state index contributed by atoms with van der Waals surface area (Å²) in [6.07, 6.45) is 1.41. The fourth-order valence-electron chi connectivity index (χ4n) is 3.34. The van der Waals surface area contributed by atoms with E-state index in [4.69, 9.17) is 0 Å². The lowest BCUT2D eigenvalue weighted by Gasteiger charge is -2.21. The number of carbonyl (C=O) groups is 1. The molecule has 1 amide bonds. The maximum Gasteiger partial charge on any atom is 0.254 e. The summed E-state index contributed by atoms with van der Waals surface area (Å²) < 4.78 is 26.5. The molecule has 2 heterocycles. The van der Waals surface area contributed by atoms with Crippen LogP contribution in [-0.4, -0.2) is 47.2 Å². The van der Waals surface area contributed by atoms with Gasteiger partial charge in [-0.25, -0.2) is 8.78 Å². The van der Waals surface area contributed by atoms with E-state index >= 15 is 0 Å². The number of amides is 1. The smallest absolute Gasteiger partial charge is 0.254 e. The maximum absolute atomic E-state index is 13.4. The summed E-state index contributed by atoms with van der Waals surface area (Å²) in [7, 11) is 0. The summed E-state index contributed by atoms with van der Waals surface area (Å²) in [5, 5.41) is 10.3. The number of benzene rings is 2. The van der Waals surface area contributed by atoms with Gasteiger partial charge in [-0.15, -0.1) is 10.2 Å². The second-order valence-corrected chi connectivity index (χ2v) is 7.97. The fourth-order valence-corrected chi connectivity index (χ4v) is 4.26. The first-order chi connectivity index (χ1) is 14.1. The van der Waals surface area contributed by atoms with Crippen molar-refractivity contribution in [2.45, 2.75) is 12.8 Å². The van der Waals surface area contributed by atoms with Crippen molar-refractivity contribution in [3.63, 3.8) is 0 Å². The van der Waals surface area contributed by atoms with Gasteiger partial charge in [-0.2, -0.15) is 0 Å². The molecule has 1 saturated heterocycles. The van der Waals surface area contributed by atoms with Crippen molar-refractivity contribution in [2.24, 2.45) is 0 Å². The van der Waals surface area contributed by atoms with Gasteiger partial charge >= 0.3 is 0 Å². The van der Waals surface area contributed by atoms with Crippen molar-refractivity contribution >= 4 is 22.4 Å². The number of hydrogen-bond donors (Lipinski definition) is 0. The molecular formula is C21H20F2N4OS. The zero-order valence-electron chi connectivity index (χ0n) is 15.7. The van der Waals surface area contributed by atoms with Crippen molar-refractivity contribution in [3.05, 3.63) is 76.3 Å². The Hall–Kier alpha value is -2.87. The minimum absolute atomic E-state index is 0.152. The molecule has 1 aromatic heterocycles. The summed E-state index contributed by atoms with van der Waals surface area (Å²) in [5.41, 5.74) is 1.35. The van der Waals surface area contributed by atoms with Crippen LogP contribution in [0.2, 0.25) is 0 Å². The van der Waals surface area contributed by atoms with Gasteiger partial charge in [0.05, 0.1) is 0 Å². The zero-order valence-corrected chi connectivity index (χ0v) is 16.5. The molecule has 0 atom stereocenters. The van der Waals surface area contributed by atoms with Crippen LogP contribution in [0.25, 0.3) is 0 Å². The van der Waals surface area contributed by atoms with Crippen LogP contribution in [-0.2, 0) is 6.42 Å². The third-order valence-electron chi connectivity index (χ3n) is 4.85. The highest BCUT2D eigenvalue weighted by Gasteiger charge is 2.22. The third-order valence-corrected chi connectivity index (χ3v) is 5.83.